The molecule has 18 heavy (non-hydrogen) atoms. The van der Waals surface area contributed by atoms with Gasteiger partial charge in [-0.2, -0.15) is 5.10 Å². The molecule has 0 amide bonds. The SMILES string of the molecule is CCNC(c1ccn(C)n1)c1cccc(C)c1F. The molecule has 1 unspecified atom stereocenters. The van der Waals surface area contributed by atoms with Crippen molar-refractivity contribution in [3.63, 3.8) is 0 Å². The van der Waals surface area contributed by atoms with E-state index in [9.17, 15) is 4.39 Å². The van der Waals surface area contributed by atoms with Crippen molar-refractivity contribution in [2.75, 3.05) is 6.54 Å². The quantitative estimate of drug-likeness (QED) is 0.900. The summed E-state index contributed by atoms with van der Waals surface area (Å²) >= 11 is 0. The Morgan fingerprint density at radius 3 is 2.78 bits per heavy atom. The van der Waals surface area contributed by atoms with Crippen molar-refractivity contribution < 1.29 is 4.39 Å². The first kappa shape index (κ1) is 12.8. The van der Waals surface area contributed by atoms with Crippen molar-refractivity contribution in [1.29, 1.82) is 0 Å². The van der Waals surface area contributed by atoms with Crippen molar-refractivity contribution in [3.05, 3.63) is 53.1 Å². The van der Waals surface area contributed by atoms with Crippen LogP contribution in [0.25, 0.3) is 0 Å². The molecule has 2 rings (SSSR count). The highest BCUT2D eigenvalue weighted by molar-refractivity contribution is 5.32. The molecule has 0 aliphatic heterocycles. The molecule has 3 nitrogen and oxygen atoms in total. The summed E-state index contributed by atoms with van der Waals surface area (Å²) in [6, 6.07) is 7.18. The van der Waals surface area contributed by atoms with Gasteiger partial charge >= 0.3 is 0 Å². The monoisotopic (exact) mass is 247 g/mol. The van der Waals surface area contributed by atoms with Gasteiger partial charge in [0.2, 0.25) is 0 Å². The van der Waals surface area contributed by atoms with Gasteiger partial charge in [0.25, 0.3) is 0 Å². The van der Waals surface area contributed by atoms with Crippen LogP contribution in [0.5, 0.6) is 0 Å². The van der Waals surface area contributed by atoms with Gasteiger partial charge in [0.05, 0.1) is 11.7 Å². The molecule has 0 aliphatic carbocycles. The van der Waals surface area contributed by atoms with Crippen LogP contribution in [0.4, 0.5) is 4.39 Å². The molecule has 1 aromatic carbocycles. The summed E-state index contributed by atoms with van der Waals surface area (Å²) in [5, 5.41) is 7.65. The second kappa shape index (κ2) is 5.31. The van der Waals surface area contributed by atoms with Crippen LogP contribution >= 0.6 is 0 Å². The Morgan fingerprint density at radius 1 is 1.39 bits per heavy atom. The summed E-state index contributed by atoms with van der Waals surface area (Å²) < 4.78 is 15.9. The first-order valence-electron chi connectivity index (χ1n) is 6.11. The van der Waals surface area contributed by atoms with E-state index in [4.69, 9.17) is 0 Å². The van der Waals surface area contributed by atoms with E-state index in [-0.39, 0.29) is 11.9 Å². The molecule has 2 aromatic rings. The molecule has 96 valence electrons. The number of aromatic nitrogens is 2. The minimum absolute atomic E-state index is 0.158. The predicted molar refractivity (Wildman–Crippen MR) is 69.9 cm³/mol. The maximum Gasteiger partial charge on any atom is 0.131 e. The number of hydrogen-bond acceptors (Lipinski definition) is 2. The Hall–Kier alpha value is -1.68. The fourth-order valence-corrected chi connectivity index (χ4v) is 2.06. The number of benzene rings is 1. The van der Waals surface area contributed by atoms with Gasteiger partial charge in [0.1, 0.15) is 5.82 Å². The van der Waals surface area contributed by atoms with Crippen molar-refractivity contribution in [2.24, 2.45) is 7.05 Å². The van der Waals surface area contributed by atoms with Crippen LogP contribution in [0.3, 0.4) is 0 Å². The Balaban J connectivity index is 2.44. The van der Waals surface area contributed by atoms with Crippen LogP contribution in [0, 0.1) is 12.7 Å². The summed E-state index contributed by atoms with van der Waals surface area (Å²) in [5.74, 6) is -0.158. The molecule has 0 saturated heterocycles. The second-order valence-electron chi connectivity index (χ2n) is 4.38. The Labute approximate surface area is 107 Å². The normalized spacial score (nSPS) is 12.7. The molecule has 0 saturated carbocycles. The average molecular weight is 247 g/mol. The molecule has 0 spiro atoms. The lowest BCUT2D eigenvalue weighted by Gasteiger charge is -2.17. The first-order chi connectivity index (χ1) is 8.63. The zero-order valence-electron chi connectivity index (χ0n) is 10.9. The topological polar surface area (TPSA) is 29.9 Å². The molecule has 0 aliphatic rings. The number of hydrogen-bond donors (Lipinski definition) is 1. The molecular formula is C14H18FN3. The van der Waals surface area contributed by atoms with Crippen molar-refractivity contribution >= 4 is 0 Å². The summed E-state index contributed by atoms with van der Waals surface area (Å²) in [6.45, 7) is 4.54. The van der Waals surface area contributed by atoms with Crippen LogP contribution in [0.15, 0.2) is 30.5 Å². The number of nitrogens with one attached hydrogen (secondary N) is 1. The molecule has 1 N–H and O–H groups in total. The maximum absolute atomic E-state index is 14.2. The van der Waals surface area contributed by atoms with Crippen LogP contribution in [0.2, 0.25) is 0 Å². The van der Waals surface area contributed by atoms with E-state index in [1.54, 1.807) is 17.7 Å². The number of rotatable bonds is 4. The van der Waals surface area contributed by atoms with Gasteiger partial charge in [-0.1, -0.05) is 25.1 Å². The third-order valence-corrected chi connectivity index (χ3v) is 2.97. The van der Waals surface area contributed by atoms with E-state index in [0.29, 0.717) is 11.1 Å². The van der Waals surface area contributed by atoms with Gasteiger partial charge in [-0.25, -0.2) is 4.39 Å². The molecule has 0 fully saturated rings. The zero-order valence-corrected chi connectivity index (χ0v) is 10.9. The number of nitrogens with zero attached hydrogens (tertiary/aromatic N) is 2. The van der Waals surface area contributed by atoms with Gasteiger partial charge in [0.15, 0.2) is 0 Å². The van der Waals surface area contributed by atoms with E-state index < -0.39 is 0 Å². The van der Waals surface area contributed by atoms with Gasteiger partial charge in [0, 0.05) is 18.8 Å². The Morgan fingerprint density at radius 2 is 2.17 bits per heavy atom. The molecule has 1 aromatic heterocycles. The first-order valence-corrected chi connectivity index (χ1v) is 6.11. The standard InChI is InChI=1S/C14H18FN3/c1-4-16-14(12-8-9-18(3)17-12)11-7-5-6-10(2)13(11)15/h5-9,14,16H,4H2,1-3H3. The lowest BCUT2D eigenvalue weighted by atomic mass is 10.0. The molecule has 0 radical (unpaired) electrons. The van der Waals surface area contributed by atoms with E-state index in [2.05, 4.69) is 10.4 Å². The Kier molecular flexibility index (Phi) is 3.77. The minimum Gasteiger partial charge on any atom is -0.305 e. The third kappa shape index (κ3) is 2.43. The highest BCUT2D eigenvalue weighted by atomic mass is 19.1. The maximum atomic E-state index is 14.2. The van der Waals surface area contributed by atoms with Crippen LogP contribution < -0.4 is 5.32 Å². The van der Waals surface area contributed by atoms with Gasteiger partial charge in [-0.05, 0) is 25.1 Å². The fraction of sp³-hybridized carbons (Fsp3) is 0.357. The van der Waals surface area contributed by atoms with Gasteiger partial charge < -0.3 is 5.32 Å². The van der Waals surface area contributed by atoms with Gasteiger partial charge in [-0.15, -0.1) is 0 Å². The van der Waals surface area contributed by atoms with E-state index in [1.807, 2.05) is 38.4 Å². The summed E-state index contributed by atoms with van der Waals surface area (Å²) in [4.78, 5) is 0. The highest BCUT2D eigenvalue weighted by Crippen LogP contribution is 2.24. The lowest BCUT2D eigenvalue weighted by Crippen LogP contribution is -2.23. The van der Waals surface area contributed by atoms with Crippen molar-refractivity contribution in [3.8, 4) is 0 Å². The molecular weight excluding hydrogens is 229 g/mol. The highest BCUT2D eigenvalue weighted by Gasteiger charge is 2.19. The summed E-state index contributed by atoms with van der Waals surface area (Å²) in [5.41, 5.74) is 2.14. The Bertz CT molecular complexity index is 534. The predicted octanol–water partition coefficient (Wildman–Crippen LogP) is 2.57. The van der Waals surface area contributed by atoms with Crippen molar-refractivity contribution in [2.45, 2.75) is 19.9 Å². The van der Waals surface area contributed by atoms with E-state index in [1.165, 1.54) is 0 Å². The van der Waals surface area contributed by atoms with E-state index >= 15 is 0 Å². The second-order valence-corrected chi connectivity index (χ2v) is 4.38. The van der Waals surface area contributed by atoms with Gasteiger partial charge in [-0.3, -0.25) is 4.68 Å². The molecule has 4 heteroatoms. The average Bonchev–Trinajstić information content (AvgIpc) is 2.77. The van der Waals surface area contributed by atoms with Crippen LogP contribution in [0.1, 0.15) is 29.8 Å². The van der Waals surface area contributed by atoms with Crippen LogP contribution in [-0.2, 0) is 7.05 Å². The summed E-state index contributed by atoms with van der Waals surface area (Å²) in [7, 11) is 1.86. The molecule has 0 bridgehead atoms. The minimum atomic E-state index is -0.198. The third-order valence-electron chi connectivity index (χ3n) is 2.97. The van der Waals surface area contributed by atoms with E-state index in [0.717, 1.165) is 12.2 Å². The van der Waals surface area contributed by atoms with Crippen molar-refractivity contribution in [1.82, 2.24) is 15.1 Å². The number of aryl methyl sites for hydroxylation is 2. The van der Waals surface area contributed by atoms with Crippen LogP contribution in [-0.4, -0.2) is 16.3 Å². The molecule has 1 heterocycles. The molecule has 1 atom stereocenters. The zero-order chi connectivity index (χ0) is 13.1. The largest absolute Gasteiger partial charge is 0.305 e. The smallest absolute Gasteiger partial charge is 0.131 e. The lowest BCUT2D eigenvalue weighted by molar-refractivity contribution is 0.542. The summed E-state index contributed by atoms with van der Waals surface area (Å²) in [6.07, 6.45) is 1.87. The fourth-order valence-electron chi connectivity index (χ4n) is 2.06. The number of halogens is 1.